The first kappa shape index (κ1) is 16.6. The Morgan fingerprint density at radius 3 is 2.43 bits per heavy atom. The van der Waals surface area contributed by atoms with Crippen molar-refractivity contribution in [2.24, 2.45) is 22.7 Å². The molecule has 0 spiro atoms. The Labute approximate surface area is 131 Å². The maximum Gasteiger partial charge on any atom is 0.193 e. The summed E-state index contributed by atoms with van der Waals surface area (Å²) in [5.74, 6) is 3.45. The molecule has 0 aliphatic carbocycles. The van der Waals surface area contributed by atoms with Gasteiger partial charge < -0.3 is 15.1 Å². The summed E-state index contributed by atoms with van der Waals surface area (Å²) in [6, 6.07) is 0. The van der Waals surface area contributed by atoms with E-state index in [4.69, 9.17) is 4.99 Å². The smallest absolute Gasteiger partial charge is 0.193 e. The molecule has 0 bridgehead atoms. The molecule has 3 atom stereocenters. The van der Waals surface area contributed by atoms with Crippen molar-refractivity contribution in [1.82, 2.24) is 15.1 Å². The molecule has 0 aromatic heterocycles. The van der Waals surface area contributed by atoms with Gasteiger partial charge in [0.2, 0.25) is 0 Å². The standard InChI is InChI=1S/C17H34N4/c1-5-18-17(21-11-14(3)9-15(4)12-21)19-10-16-7-8-20(6-2)13-16/h14-16H,5-13H2,1-4H3,(H,18,19). The van der Waals surface area contributed by atoms with Gasteiger partial charge in [0.25, 0.3) is 0 Å². The fourth-order valence-corrected chi connectivity index (χ4v) is 3.83. The fraction of sp³-hybridized carbons (Fsp3) is 0.941. The Balaban J connectivity index is 1.92. The Morgan fingerprint density at radius 1 is 1.14 bits per heavy atom. The lowest BCUT2D eigenvalue weighted by atomic mass is 9.92. The van der Waals surface area contributed by atoms with Crippen LogP contribution in [0.25, 0.3) is 0 Å². The highest BCUT2D eigenvalue weighted by atomic mass is 15.3. The minimum Gasteiger partial charge on any atom is -0.357 e. The molecular weight excluding hydrogens is 260 g/mol. The van der Waals surface area contributed by atoms with E-state index in [2.05, 4.69) is 42.8 Å². The van der Waals surface area contributed by atoms with Gasteiger partial charge in [-0.15, -0.1) is 0 Å². The normalized spacial score (nSPS) is 31.7. The van der Waals surface area contributed by atoms with E-state index in [0.717, 1.165) is 49.9 Å². The zero-order valence-electron chi connectivity index (χ0n) is 14.4. The molecule has 2 aliphatic rings. The van der Waals surface area contributed by atoms with Crippen LogP contribution in [0.2, 0.25) is 0 Å². The summed E-state index contributed by atoms with van der Waals surface area (Å²) in [5, 5.41) is 3.50. The van der Waals surface area contributed by atoms with E-state index in [1.54, 1.807) is 0 Å². The molecule has 1 N–H and O–H groups in total. The van der Waals surface area contributed by atoms with Crippen molar-refractivity contribution in [3.05, 3.63) is 0 Å². The Kier molecular flexibility index (Phi) is 6.34. The molecular formula is C17H34N4. The quantitative estimate of drug-likeness (QED) is 0.637. The van der Waals surface area contributed by atoms with Crippen LogP contribution >= 0.6 is 0 Å². The lowest BCUT2D eigenvalue weighted by molar-refractivity contribution is 0.208. The zero-order chi connectivity index (χ0) is 15.2. The highest BCUT2D eigenvalue weighted by Gasteiger charge is 2.25. The number of aliphatic imine (C=N–C) groups is 1. The summed E-state index contributed by atoms with van der Waals surface area (Å²) in [6.45, 7) is 17.1. The van der Waals surface area contributed by atoms with Gasteiger partial charge in [0.05, 0.1) is 0 Å². The predicted octanol–water partition coefficient (Wildman–Crippen LogP) is 2.27. The highest BCUT2D eigenvalue weighted by molar-refractivity contribution is 5.80. The number of nitrogens with zero attached hydrogens (tertiary/aromatic N) is 3. The van der Waals surface area contributed by atoms with Crippen LogP contribution in [0.15, 0.2) is 4.99 Å². The molecule has 4 heteroatoms. The van der Waals surface area contributed by atoms with Crippen LogP contribution in [0.3, 0.4) is 0 Å². The van der Waals surface area contributed by atoms with Gasteiger partial charge in [-0.1, -0.05) is 20.8 Å². The summed E-state index contributed by atoms with van der Waals surface area (Å²) in [6.07, 6.45) is 2.66. The van der Waals surface area contributed by atoms with Crippen molar-refractivity contribution in [2.75, 3.05) is 45.8 Å². The van der Waals surface area contributed by atoms with Crippen molar-refractivity contribution < 1.29 is 0 Å². The molecule has 0 aromatic carbocycles. The fourth-order valence-electron chi connectivity index (χ4n) is 3.83. The van der Waals surface area contributed by atoms with Crippen molar-refractivity contribution in [1.29, 1.82) is 0 Å². The second-order valence-corrected chi connectivity index (χ2v) is 7.09. The van der Waals surface area contributed by atoms with E-state index in [-0.39, 0.29) is 0 Å². The van der Waals surface area contributed by atoms with Gasteiger partial charge in [-0.3, -0.25) is 4.99 Å². The van der Waals surface area contributed by atoms with Crippen molar-refractivity contribution in [2.45, 2.75) is 40.5 Å². The SMILES string of the molecule is CCNC(=NCC1CCN(CC)C1)N1CC(C)CC(C)C1. The van der Waals surface area contributed by atoms with E-state index < -0.39 is 0 Å². The molecule has 2 saturated heterocycles. The van der Waals surface area contributed by atoms with Crippen LogP contribution in [0, 0.1) is 17.8 Å². The van der Waals surface area contributed by atoms with Crippen LogP contribution in [-0.2, 0) is 0 Å². The topological polar surface area (TPSA) is 30.9 Å². The maximum atomic E-state index is 4.96. The average Bonchev–Trinajstić information content (AvgIpc) is 2.90. The van der Waals surface area contributed by atoms with Crippen LogP contribution in [-0.4, -0.2) is 61.6 Å². The minimum absolute atomic E-state index is 0.748. The number of nitrogens with one attached hydrogen (secondary N) is 1. The first-order valence-corrected chi connectivity index (χ1v) is 8.87. The lowest BCUT2D eigenvalue weighted by Crippen LogP contribution is -2.48. The summed E-state index contributed by atoms with van der Waals surface area (Å²) in [4.78, 5) is 9.98. The largest absolute Gasteiger partial charge is 0.357 e. The number of rotatable bonds is 4. The molecule has 122 valence electrons. The Morgan fingerprint density at radius 2 is 1.86 bits per heavy atom. The molecule has 3 unspecified atom stereocenters. The summed E-state index contributed by atoms with van der Waals surface area (Å²) >= 11 is 0. The van der Waals surface area contributed by atoms with Gasteiger partial charge in [-0.05, 0) is 50.6 Å². The number of piperidine rings is 1. The second kappa shape index (κ2) is 8.02. The van der Waals surface area contributed by atoms with Gasteiger partial charge in [-0.25, -0.2) is 0 Å². The summed E-state index contributed by atoms with van der Waals surface area (Å²) in [7, 11) is 0. The number of hydrogen-bond donors (Lipinski definition) is 1. The molecule has 0 radical (unpaired) electrons. The van der Waals surface area contributed by atoms with Gasteiger partial charge >= 0.3 is 0 Å². The molecule has 21 heavy (non-hydrogen) atoms. The maximum absolute atomic E-state index is 4.96. The van der Waals surface area contributed by atoms with Crippen LogP contribution < -0.4 is 5.32 Å². The molecule has 2 heterocycles. The van der Waals surface area contributed by atoms with Gasteiger partial charge in [-0.2, -0.15) is 0 Å². The second-order valence-electron chi connectivity index (χ2n) is 7.09. The van der Waals surface area contributed by atoms with E-state index in [9.17, 15) is 0 Å². The lowest BCUT2D eigenvalue weighted by Gasteiger charge is -2.37. The summed E-state index contributed by atoms with van der Waals surface area (Å²) < 4.78 is 0. The third-order valence-corrected chi connectivity index (χ3v) is 4.82. The van der Waals surface area contributed by atoms with Crippen molar-refractivity contribution >= 4 is 5.96 Å². The van der Waals surface area contributed by atoms with Gasteiger partial charge in [0.15, 0.2) is 5.96 Å². The molecule has 0 amide bonds. The number of hydrogen-bond acceptors (Lipinski definition) is 2. The third kappa shape index (κ3) is 4.87. The van der Waals surface area contributed by atoms with Crippen LogP contribution in [0.1, 0.15) is 40.5 Å². The Bertz CT molecular complexity index is 332. The van der Waals surface area contributed by atoms with Crippen molar-refractivity contribution in [3.8, 4) is 0 Å². The third-order valence-electron chi connectivity index (χ3n) is 4.82. The first-order chi connectivity index (χ1) is 10.1. The monoisotopic (exact) mass is 294 g/mol. The van der Waals surface area contributed by atoms with Gasteiger partial charge in [0, 0.05) is 32.7 Å². The number of guanidine groups is 1. The minimum atomic E-state index is 0.748. The average molecular weight is 294 g/mol. The molecule has 0 saturated carbocycles. The van der Waals surface area contributed by atoms with E-state index >= 15 is 0 Å². The van der Waals surface area contributed by atoms with E-state index in [1.807, 2.05) is 0 Å². The van der Waals surface area contributed by atoms with Gasteiger partial charge in [0.1, 0.15) is 0 Å². The van der Waals surface area contributed by atoms with Crippen LogP contribution in [0.4, 0.5) is 0 Å². The van der Waals surface area contributed by atoms with E-state index in [1.165, 1.54) is 32.5 Å². The molecule has 2 aliphatic heterocycles. The zero-order valence-corrected chi connectivity index (χ0v) is 14.4. The molecule has 0 aromatic rings. The Hall–Kier alpha value is -0.770. The first-order valence-electron chi connectivity index (χ1n) is 8.87. The predicted molar refractivity (Wildman–Crippen MR) is 90.7 cm³/mol. The van der Waals surface area contributed by atoms with E-state index in [0.29, 0.717) is 0 Å². The number of likely N-dealkylation sites (tertiary alicyclic amines) is 2. The van der Waals surface area contributed by atoms with Crippen LogP contribution in [0.5, 0.6) is 0 Å². The molecule has 2 rings (SSSR count). The highest BCUT2D eigenvalue weighted by Crippen LogP contribution is 2.21. The molecule has 2 fully saturated rings. The van der Waals surface area contributed by atoms with Crippen molar-refractivity contribution in [3.63, 3.8) is 0 Å². The summed E-state index contributed by atoms with van der Waals surface area (Å²) in [5.41, 5.74) is 0. The molecule has 4 nitrogen and oxygen atoms in total.